The number of pyridine rings is 1. The van der Waals surface area contributed by atoms with Crippen molar-refractivity contribution in [3.8, 4) is 0 Å². The van der Waals surface area contributed by atoms with Crippen molar-refractivity contribution in [3.05, 3.63) is 23.5 Å². The third-order valence-corrected chi connectivity index (χ3v) is 6.21. The van der Waals surface area contributed by atoms with Crippen LogP contribution in [0.5, 0.6) is 0 Å². The number of nitrogens with one attached hydrogen (secondary N) is 1. The van der Waals surface area contributed by atoms with Crippen molar-refractivity contribution < 1.29 is 8.42 Å². The molecule has 1 saturated carbocycles. The maximum Gasteiger partial charge on any atom is 0.242 e. The highest BCUT2D eigenvalue weighted by Crippen LogP contribution is 2.27. The Hall–Kier alpha value is -0.300. The molecule has 1 aliphatic rings. The van der Waals surface area contributed by atoms with E-state index in [0.717, 1.165) is 25.7 Å². The van der Waals surface area contributed by atoms with Gasteiger partial charge in [-0.15, -0.1) is 0 Å². The van der Waals surface area contributed by atoms with Gasteiger partial charge in [0.1, 0.15) is 10.0 Å². The number of hydrogen-bond acceptors (Lipinski definition) is 4. The minimum Gasteiger partial charge on any atom is -0.243 e. The molecular weight excluding hydrogens is 304 g/mol. The molecule has 0 bridgehead atoms. The van der Waals surface area contributed by atoms with Crippen molar-refractivity contribution >= 4 is 33.4 Å². The van der Waals surface area contributed by atoms with E-state index in [1.165, 1.54) is 18.3 Å². The van der Waals surface area contributed by atoms with E-state index in [-0.39, 0.29) is 10.9 Å². The molecule has 1 fully saturated rings. The van der Waals surface area contributed by atoms with E-state index in [4.69, 9.17) is 11.6 Å². The van der Waals surface area contributed by atoms with E-state index in [9.17, 15) is 8.42 Å². The van der Waals surface area contributed by atoms with Gasteiger partial charge in [-0.05, 0) is 44.1 Å². The normalized spacial score (nSPS) is 24.3. The lowest BCUT2D eigenvalue weighted by Crippen LogP contribution is -2.38. The van der Waals surface area contributed by atoms with E-state index < -0.39 is 10.0 Å². The van der Waals surface area contributed by atoms with Crippen molar-refractivity contribution in [2.45, 2.75) is 41.9 Å². The van der Waals surface area contributed by atoms with Crippen molar-refractivity contribution in [1.82, 2.24) is 9.71 Å². The Balaban J connectivity index is 2.00. The highest BCUT2D eigenvalue weighted by molar-refractivity contribution is 7.99. The first-order valence-electron chi connectivity index (χ1n) is 6.18. The van der Waals surface area contributed by atoms with Crippen LogP contribution in [0.2, 0.25) is 5.15 Å². The van der Waals surface area contributed by atoms with Gasteiger partial charge in [-0.25, -0.2) is 18.1 Å². The molecule has 0 saturated heterocycles. The van der Waals surface area contributed by atoms with Crippen molar-refractivity contribution in [2.75, 3.05) is 6.26 Å². The number of thioether (sulfide) groups is 1. The smallest absolute Gasteiger partial charge is 0.242 e. The minimum atomic E-state index is -3.48. The SMILES string of the molecule is CSC1CCC(NS(=O)(=O)c2ccc(Cl)nc2)CC1. The topological polar surface area (TPSA) is 59.1 Å². The summed E-state index contributed by atoms with van der Waals surface area (Å²) in [6.45, 7) is 0. The lowest BCUT2D eigenvalue weighted by molar-refractivity contribution is 0.420. The summed E-state index contributed by atoms with van der Waals surface area (Å²) in [5.74, 6) is 0. The van der Waals surface area contributed by atoms with E-state index in [0.29, 0.717) is 10.4 Å². The molecule has 106 valence electrons. The number of sulfonamides is 1. The van der Waals surface area contributed by atoms with E-state index in [2.05, 4.69) is 16.0 Å². The second-order valence-corrected chi connectivity index (χ2v) is 7.89. The number of nitrogens with zero attached hydrogens (tertiary/aromatic N) is 1. The van der Waals surface area contributed by atoms with Gasteiger partial charge in [0.15, 0.2) is 0 Å². The summed E-state index contributed by atoms with van der Waals surface area (Å²) < 4.78 is 27.1. The van der Waals surface area contributed by atoms with Crippen molar-refractivity contribution in [1.29, 1.82) is 0 Å². The molecule has 0 amide bonds. The Labute approximate surface area is 123 Å². The zero-order valence-corrected chi connectivity index (χ0v) is 13.1. The molecule has 1 aromatic rings. The summed E-state index contributed by atoms with van der Waals surface area (Å²) >= 11 is 7.52. The second kappa shape index (κ2) is 6.43. The van der Waals surface area contributed by atoms with Gasteiger partial charge in [-0.1, -0.05) is 11.6 Å². The molecule has 1 N–H and O–H groups in total. The van der Waals surface area contributed by atoms with Crippen molar-refractivity contribution in [2.24, 2.45) is 0 Å². The lowest BCUT2D eigenvalue weighted by atomic mass is 9.96. The summed E-state index contributed by atoms with van der Waals surface area (Å²) in [6, 6.07) is 3.00. The summed E-state index contributed by atoms with van der Waals surface area (Å²) in [4.78, 5) is 3.98. The first kappa shape index (κ1) is 15.1. The highest BCUT2D eigenvalue weighted by atomic mass is 35.5. The van der Waals surface area contributed by atoms with E-state index in [1.54, 1.807) is 0 Å². The Kier molecular flexibility index (Phi) is 5.11. The fraction of sp³-hybridized carbons (Fsp3) is 0.583. The minimum absolute atomic E-state index is 0.0316. The molecule has 1 aromatic heterocycles. The molecule has 1 heterocycles. The van der Waals surface area contributed by atoms with Crippen LogP contribution in [-0.4, -0.2) is 30.9 Å². The lowest BCUT2D eigenvalue weighted by Gasteiger charge is -2.27. The summed E-state index contributed by atoms with van der Waals surface area (Å²) in [6.07, 6.45) is 7.31. The average molecular weight is 321 g/mol. The second-order valence-electron chi connectivity index (χ2n) is 4.65. The number of halogens is 1. The van der Waals surface area contributed by atoms with Crippen LogP contribution >= 0.6 is 23.4 Å². The van der Waals surface area contributed by atoms with Crippen LogP contribution in [0.3, 0.4) is 0 Å². The summed E-state index contributed by atoms with van der Waals surface area (Å²) in [5, 5.41) is 0.956. The fourth-order valence-corrected chi connectivity index (χ4v) is 4.33. The monoisotopic (exact) mass is 320 g/mol. The Morgan fingerprint density at radius 2 is 2.00 bits per heavy atom. The molecule has 19 heavy (non-hydrogen) atoms. The summed E-state index contributed by atoms with van der Waals surface area (Å²) in [5.41, 5.74) is 0. The Bertz CT molecular complexity index is 511. The van der Waals surface area contributed by atoms with Crippen LogP contribution in [0, 0.1) is 0 Å². The van der Waals surface area contributed by atoms with Crippen LogP contribution in [0.1, 0.15) is 25.7 Å². The zero-order valence-electron chi connectivity index (χ0n) is 10.7. The van der Waals surface area contributed by atoms with Crippen LogP contribution in [-0.2, 0) is 10.0 Å². The summed E-state index contributed by atoms with van der Waals surface area (Å²) in [7, 11) is -3.48. The van der Waals surface area contributed by atoms with Crippen LogP contribution < -0.4 is 4.72 Å². The van der Waals surface area contributed by atoms with Crippen LogP contribution in [0.15, 0.2) is 23.2 Å². The van der Waals surface area contributed by atoms with Gasteiger partial charge < -0.3 is 0 Å². The third kappa shape index (κ3) is 4.08. The van der Waals surface area contributed by atoms with Gasteiger partial charge in [0.2, 0.25) is 10.0 Å². The molecule has 0 radical (unpaired) electrons. The number of rotatable bonds is 4. The van der Waals surface area contributed by atoms with Gasteiger partial charge in [-0.2, -0.15) is 11.8 Å². The van der Waals surface area contributed by atoms with E-state index in [1.807, 2.05) is 11.8 Å². The first-order chi connectivity index (χ1) is 9.01. The van der Waals surface area contributed by atoms with Gasteiger partial charge in [0, 0.05) is 17.5 Å². The fourth-order valence-electron chi connectivity index (χ4n) is 2.23. The Morgan fingerprint density at radius 3 is 2.53 bits per heavy atom. The number of aromatic nitrogens is 1. The third-order valence-electron chi connectivity index (χ3n) is 3.34. The molecule has 0 aliphatic heterocycles. The molecule has 0 spiro atoms. The largest absolute Gasteiger partial charge is 0.243 e. The maximum atomic E-state index is 12.2. The first-order valence-corrected chi connectivity index (χ1v) is 9.33. The molecule has 0 unspecified atom stereocenters. The van der Waals surface area contributed by atoms with Crippen LogP contribution in [0.4, 0.5) is 0 Å². The predicted molar refractivity (Wildman–Crippen MR) is 79.1 cm³/mol. The predicted octanol–water partition coefficient (Wildman–Crippen LogP) is 2.69. The highest BCUT2D eigenvalue weighted by Gasteiger charge is 2.25. The Morgan fingerprint density at radius 1 is 1.32 bits per heavy atom. The molecule has 1 aliphatic carbocycles. The van der Waals surface area contributed by atoms with Crippen LogP contribution in [0.25, 0.3) is 0 Å². The van der Waals surface area contributed by atoms with Crippen molar-refractivity contribution in [3.63, 3.8) is 0 Å². The van der Waals surface area contributed by atoms with Gasteiger partial charge in [0.05, 0.1) is 0 Å². The number of hydrogen-bond donors (Lipinski definition) is 1. The average Bonchev–Trinajstić information content (AvgIpc) is 2.40. The van der Waals surface area contributed by atoms with Gasteiger partial charge in [0.25, 0.3) is 0 Å². The quantitative estimate of drug-likeness (QED) is 0.867. The molecule has 2 rings (SSSR count). The molecule has 4 nitrogen and oxygen atoms in total. The van der Waals surface area contributed by atoms with Gasteiger partial charge >= 0.3 is 0 Å². The molecular formula is C12H17ClN2O2S2. The molecule has 7 heteroatoms. The zero-order chi connectivity index (χ0) is 13.9. The standard InChI is InChI=1S/C12H17ClN2O2S2/c1-18-10-4-2-9(3-5-10)15-19(16,17)11-6-7-12(13)14-8-11/h6-10,15H,2-5H2,1H3. The molecule has 0 atom stereocenters. The molecule has 0 aromatic carbocycles. The van der Waals surface area contributed by atoms with E-state index >= 15 is 0 Å². The van der Waals surface area contributed by atoms with Gasteiger partial charge in [-0.3, -0.25) is 0 Å². The maximum absolute atomic E-state index is 12.2.